The zero-order chi connectivity index (χ0) is 104. The molecule has 2 fully saturated rings. The summed E-state index contributed by atoms with van der Waals surface area (Å²) >= 11 is 0. The van der Waals surface area contributed by atoms with Crippen LogP contribution in [0.4, 0.5) is 24.5 Å². The van der Waals surface area contributed by atoms with Crippen LogP contribution in [0.25, 0.3) is 111 Å². The highest BCUT2D eigenvalue weighted by Crippen LogP contribution is 2.47. The molecule has 5 aromatic carbocycles. The summed E-state index contributed by atoms with van der Waals surface area (Å²) in [5.41, 5.74) is 6.93. The number of piperidine rings is 1. The highest BCUT2D eigenvalue weighted by Gasteiger charge is 2.42. The Morgan fingerprint density at radius 2 is 0.503 bits per heavy atom. The summed E-state index contributed by atoms with van der Waals surface area (Å²) < 4.78 is 75.6. The van der Waals surface area contributed by atoms with Gasteiger partial charge in [-0.25, -0.2) is 13.2 Å². The van der Waals surface area contributed by atoms with E-state index in [0.29, 0.717) is 201 Å². The number of hydrogen-bond donors (Lipinski definition) is 0. The molecule has 0 bridgehead atoms. The summed E-state index contributed by atoms with van der Waals surface area (Å²) in [6.07, 6.45) is 24.6. The van der Waals surface area contributed by atoms with Crippen molar-refractivity contribution < 1.29 is 70.7 Å². The molecule has 5 aliphatic carbocycles. The number of ether oxygens (including phenoxy) is 5. The minimum absolute atomic E-state index is 0.169. The molecular formula is C111H105F3N14O19. The largest absolute Gasteiger partial charge is 0.495 e. The lowest BCUT2D eigenvalue weighted by molar-refractivity contribution is -0.384. The first kappa shape index (κ1) is 101. The highest BCUT2D eigenvalue weighted by atomic mass is 19.1. The van der Waals surface area contributed by atoms with Crippen LogP contribution in [-0.2, 0) is 32.7 Å². The minimum Gasteiger partial charge on any atom is -0.495 e. The molecule has 2 aliphatic heterocycles. The molecule has 7 aliphatic rings. The molecule has 33 nitrogen and oxygen atoms in total. The van der Waals surface area contributed by atoms with Crippen LogP contribution >= 0.6 is 0 Å². The molecule has 22 rings (SSSR count). The number of ketones is 5. The molecule has 36 heteroatoms. The number of non-ortho nitro benzene ring substituents is 2. The molecule has 12 heterocycles. The Balaban J connectivity index is 0.000000121. The summed E-state index contributed by atoms with van der Waals surface area (Å²) in [4.78, 5) is 181. The van der Waals surface area contributed by atoms with Gasteiger partial charge in [0.05, 0.1) is 216 Å². The van der Waals surface area contributed by atoms with Gasteiger partial charge in [-0.15, -0.1) is 0 Å². The number of rotatable bonds is 28. The Morgan fingerprint density at radius 1 is 0.279 bits per heavy atom. The fourth-order valence-electron chi connectivity index (χ4n) is 20.9. The number of pyridine rings is 10. The van der Waals surface area contributed by atoms with E-state index in [2.05, 4.69) is 55.5 Å². The quantitative estimate of drug-likeness (QED) is 0.0250. The van der Waals surface area contributed by atoms with Crippen LogP contribution in [0.15, 0.2) is 176 Å². The van der Waals surface area contributed by atoms with Gasteiger partial charge in [0.25, 0.3) is 39.2 Å². The second-order valence-electron chi connectivity index (χ2n) is 37.1. The molecule has 0 saturated carbocycles. The number of likely N-dealkylation sites (tertiary alicyclic amines) is 2. The number of nitro groups is 2. The molecule has 147 heavy (non-hydrogen) atoms. The predicted octanol–water partition coefficient (Wildman–Crippen LogP) is 18.6. The van der Waals surface area contributed by atoms with Gasteiger partial charge in [0.2, 0.25) is 0 Å². The third kappa shape index (κ3) is 18.9. The van der Waals surface area contributed by atoms with Crippen molar-refractivity contribution in [1.29, 1.82) is 0 Å². The first-order valence-electron chi connectivity index (χ1n) is 49.4. The number of unbranched alkanes of at least 4 members (excludes halogenated alkanes) is 7. The van der Waals surface area contributed by atoms with Crippen molar-refractivity contribution in [3.63, 3.8) is 0 Å². The van der Waals surface area contributed by atoms with E-state index in [-0.39, 0.29) is 95.0 Å². The molecule has 10 aromatic heterocycles. The molecule has 0 amide bonds. The van der Waals surface area contributed by atoms with Gasteiger partial charge in [0.1, 0.15) is 46.2 Å². The lowest BCUT2D eigenvalue weighted by atomic mass is 10.0. The first-order valence-corrected chi connectivity index (χ1v) is 49.4. The number of halogens is 3. The normalized spacial score (nSPS) is 13.7. The van der Waals surface area contributed by atoms with Gasteiger partial charge in [0.15, 0.2) is 28.9 Å². The van der Waals surface area contributed by atoms with Gasteiger partial charge in [-0.05, 0) is 176 Å². The Kier molecular flexibility index (Phi) is 29.5. The summed E-state index contributed by atoms with van der Waals surface area (Å²) in [7, 11) is 7.53. The van der Waals surface area contributed by atoms with Crippen molar-refractivity contribution in [2.24, 2.45) is 0 Å². The van der Waals surface area contributed by atoms with Crippen molar-refractivity contribution in [3.8, 4) is 85.7 Å². The van der Waals surface area contributed by atoms with Gasteiger partial charge >= 0.3 is 0 Å². The average Bonchev–Trinajstić information content (AvgIpc) is 1.59. The number of methoxy groups -OCH3 is 5. The molecule has 0 N–H and O–H groups in total. The number of carbonyl (C=O) groups excluding carboxylic acids is 5. The number of nitro benzene ring substituents is 2. The zero-order valence-corrected chi connectivity index (χ0v) is 82.4. The van der Waals surface area contributed by atoms with Crippen LogP contribution in [0, 0.1) is 37.7 Å². The number of hydrogen-bond acceptors (Lipinski definition) is 26. The highest BCUT2D eigenvalue weighted by molar-refractivity contribution is 6.30. The summed E-state index contributed by atoms with van der Waals surface area (Å²) in [5, 5.41) is 25.7. The fraction of sp³-hybridized carbons (Fsp3) is 0.324. The van der Waals surface area contributed by atoms with Crippen molar-refractivity contribution in [1.82, 2.24) is 57.6 Å². The van der Waals surface area contributed by atoms with Gasteiger partial charge in [-0.1, -0.05) is 90.3 Å². The standard InChI is InChI=1S/C24H24FN3O3.C23H22N4O5.C22H21FN2O3.C21H19FN2O3.C21H19N3O5/c1-31-16-13-19-21(26-14-16)22-20(23(19)29)17-7-6-15(25)12-18(17)24(30)28(22)11-5-10-27-8-3-2-4-9-27;1-32-15-12-18-20(24-13-15)21-19(22(18)28)16-6-5-14(27(30)31)11-17(16)23(29)26(21)10-4-9-25-7-2-3-8-25;1-3-4-5-6-9-25-20-18(15-8-7-13(23)10-16(15)22(25)27)21(26)17-11-14(28-2)12-24-19(17)20;1-3-4-5-8-24-19-17(14-7-6-12(22)9-15(14)21(24)26)20(25)16-10-13(27-2)11-23-18(16)19;1-3-4-5-8-23-19-17(20(25)16-10-13(29-2)11-22-18(16)19)14-7-6-12(24(27)28)9-15(14)21(23)26/h6-7,12-14H,2-5,8-11H2,1H3;5-6,11-13H,2-4,7-10H2,1H3;7-8,10-12H,3-6,9H2,1-2H3;6-7,9-11H,3-5,8H2,1-2H3;6-7,9-11H,3-5,8H2,1-2H3. The lowest BCUT2D eigenvalue weighted by Crippen LogP contribution is -2.32. The summed E-state index contributed by atoms with van der Waals surface area (Å²) in [5.74, 6) is -0.304. The van der Waals surface area contributed by atoms with Crippen LogP contribution < -0.4 is 51.5 Å². The number of nitrogens with zero attached hydrogens (tertiary/aromatic N) is 14. The Labute approximate surface area is 838 Å². The Hall–Kier alpha value is -16.2. The summed E-state index contributed by atoms with van der Waals surface area (Å²) in [6, 6.07) is 28.3. The molecule has 0 spiro atoms. The molecule has 0 atom stereocenters. The van der Waals surface area contributed by atoms with Gasteiger partial charge in [-0.2, -0.15) is 0 Å². The number of benzene rings is 5. The van der Waals surface area contributed by atoms with E-state index in [1.165, 1.54) is 177 Å². The van der Waals surface area contributed by atoms with Crippen molar-refractivity contribution in [2.45, 2.75) is 163 Å². The van der Waals surface area contributed by atoms with Crippen LogP contribution in [0.1, 0.15) is 210 Å². The number of fused-ring (bicyclic) bond motifs is 25. The van der Waals surface area contributed by atoms with E-state index in [1.807, 2.05) is 0 Å². The molecule has 15 aromatic rings. The molecular weight excluding hydrogens is 1890 g/mol. The monoisotopic (exact) mass is 1990 g/mol. The number of carbonyl (C=O) groups is 5. The van der Waals surface area contributed by atoms with E-state index in [1.54, 1.807) is 65.6 Å². The van der Waals surface area contributed by atoms with Gasteiger partial charge in [0, 0.05) is 83.9 Å². The lowest BCUT2D eigenvalue weighted by Gasteiger charge is -2.26. The second kappa shape index (κ2) is 43.0. The summed E-state index contributed by atoms with van der Waals surface area (Å²) in [6.45, 7) is 14.5. The van der Waals surface area contributed by atoms with Crippen LogP contribution in [-0.4, -0.2) is 171 Å². The SMILES string of the molecule is CCCCCCn1c2c(c3ccc(F)cc3c1=O)C(=O)c1cc(OC)cnc1-2.CCCCCn1c2c(c3ccc(F)cc3c1=O)C(=O)c1cc(OC)cnc1-2.CCCCCn1c2c(c3ccc([N+](=O)[O-])cc3c1=O)C(=O)c1cc(OC)cnc1-2.COc1cnc2c(c1)C(=O)c1c-2n(CCCN2CCCC2)c(=O)c2cc([N+](=O)[O-])ccc12.COc1cnc2c(c1)C(=O)c1c-2n(CCCN2CCCCC2)c(=O)c2cc(F)ccc12. The Morgan fingerprint density at radius 3 is 0.748 bits per heavy atom. The van der Waals surface area contributed by atoms with E-state index in [4.69, 9.17) is 23.7 Å². The zero-order valence-electron chi connectivity index (χ0n) is 82.4. The van der Waals surface area contributed by atoms with Crippen LogP contribution in [0.5, 0.6) is 28.7 Å². The predicted molar refractivity (Wildman–Crippen MR) is 549 cm³/mol. The topological polar surface area (TPSA) is 399 Å². The van der Waals surface area contributed by atoms with Crippen LogP contribution in [0.2, 0.25) is 0 Å². The smallest absolute Gasteiger partial charge is 0.270 e. The molecule has 0 unspecified atom stereocenters. The van der Waals surface area contributed by atoms with E-state index >= 15 is 0 Å². The van der Waals surface area contributed by atoms with Gasteiger partial charge in [-0.3, -0.25) is 93.1 Å². The average molecular weight is 2000 g/mol. The Bertz CT molecular complexity index is 8300. The first-order chi connectivity index (χ1) is 71.2. The number of aromatic nitrogens is 10. The molecule has 0 radical (unpaired) electrons. The van der Waals surface area contributed by atoms with Crippen LogP contribution in [0.3, 0.4) is 0 Å². The van der Waals surface area contributed by atoms with E-state index < -0.39 is 27.3 Å². The fourth-order valence-corrected chi connectivity index (χ4v) is 20.9. The second-order valence-corrected chi connectivity index (χ2v) is 37.1. The third-order valence-corrected chi connectivity index (χ3v) is 28.2. The maximum atomic E-state index is 14.0. The van der Waals surface area contributed by atoms with Crippen molar-refractivity contribution in [3.05, 3.63) is 297 Å². The maximum Gasteiger partial charge on any atom is 0.270 e. The molecule has 754 valence electrons. The third-order valence-electron chi connectivity index (χ3n) is 28.2. The van der Waals surface area contributed by atoms with E-state index in [0.717, 1.165) is 116 Å². The van der Waals surface area contributed by atoms with Crippen molar-refractivity contribution in [2.75, 3.05) is 74.8 Å². The van der Waals surface area contributed by atoms with Crippen molar-refractivity contribution >= 4 is 94.2 Å². The van der Waals surface area contributed by atoms with Gasteiger partial charge < -0.3 is 56.3 Å². The maximum absolute atomic E-state index is 14.0. The minimum atomic E-state index is -0.545. The molecule has 2 saturated heterocycles. The van der Waals surface area contributed by atoms with E-state index in [9.17, 15) is 81.3 Å².